The van der Waals surface area contributed by atoms with Crippen LogP contribution in [0.5, 0.6) is 0 Å². The van der Waals surface area contributed by atoms with Crippen molar-refractivity contribution in [1.29, 1.82) is 0 Å². The van der Waals surface area contributed by atoms with E-state index in [-0.39, 0.29) is 0 Å². The molecule has 1 fully saturated rings. The highest BCUT2D eigenvalue weighted by Gasteiger charge is 2.33. The van der Waals surface area contributed by atoms with Crippen LogP contribution in [0.3, 0.4) is 0 Å². The number of hydrogen-bond acceptors (Lipinski definition) is 1. The monoisotopic (exact) mass is 225 g/mol. The summed E-state index contributed by atoms with van der Waals surface area (Å²) in [6, 6.07) is 0. The summed E-state index contributed by atoms with van der Waals surface area (Å²) in [6.07, 6.45) is 11.5. The smallest absolute Gasteiger partial charge is 0.0592 e. The van der Waals surface area contributed by atoms with Crippen molar-refractivity contribution in [3.63, 3.8) is 0 Å². The van der Waals surface area contributed by atoms with Crippen molar-refractivity contribution in [3.8, 4) is 0 Å². The Morgan fingerprint density at radius 3 is 2.19 bits per heavy atom. The second kappa shape index (κ2) is 5.53. The molecule has 0 aromatic rings. The van der Waals surface area contributed by atoms with Gasteiger partial charge < -0.3 is 5.11 Å². The van der Waals surface area contributed by atoms with E-state index in [0.29, 0.717) is 11.3 Å². The summed E-state index contributed by atoms with van der Waals surface area (Å²) >= 11 is 0. The summed E-state index contributed by atoms with van der Waals surface area (Å²) in [7, 11) is 0. The first-order valence-corrected chi connectivity index (χ1v) is 6.91. The molecule has 0 aromatic carbocycles. The molecule has 1 rings (SSSR count). The lowest BCUT2D eigenvalue weighted by molar-refractivity contribution is 0.0485. The molecule has 1 radical (unpaired) electrons. The third-order valence-electron chi connectivity index (χ3n) is 3.77. The summed E-state index contributed by atoms with van der Waals surface area (Å²) in [4.78, 5) is 0. The van der Waals surface area contributed by atoms with Crippen LogP contribution in [0.15, 0.2) is 0 Å². The van der Waals surface area contributed by atoms with Gasteiger partial charge in [-0.25, -0.2) is 0 Å². The topological polar surface area (TPSA) is 20.2 Å². The Labute approximate surface area is 102 Å². The lowest BCUT2D eigenvalue weighted by Gasteiger charge is -2.40. The zero-order valence-electron chi connectivity index (χ0n) is 11.6. The molecule has 1 nitrogen and oxygen atoms in total. The zero-order valence-corrected chi connectivity index (χ0v) is 11.6. The molecular weight excluding hydrogens is 196 g/mol. The van der Waals surface area contributed by atoms with Gasteiger partial charge in [-0.15, -0.1) is 0 Å². The molecule has 1 aliphatic rings. The molecule has 1 aliphatic carbocycles. The van der Waals surface area contributed by atoms with E-state index in [1.165, 1.54) is 32.1 Å². The van der Waals surface area contributed by atoms with Gasteiger partial charge in [-0.3, -0.25) is 0 Å². The fourth-order valence-corrected chi connectivity index (χ4v) is 3.02. The lowest BCUT2D eigenvalue weighted by atomic mass is 9.66. The minimum atomic E-state index is -0.505. The molecule has 0 amide bonds. The standard InChI is InChI=1S/C15H29O/c1-13(2)12-15(8-6-5-7-9-15)11-10-14(3,4)16/h12-13,16H,5-11H2,1-4H3. The lowest BCUT2D eigenvalue weighted by Crippen LogP contribution is -2.30. The highest BCUT2D eigenvalue weighted by atomic mass is 16.3. The Bertz CT molecular complexity index is 194. The number of rotatable bonds is 5. The first-order valence-electron chi connectivity index (χ1n) is 6.91. The molecule has 0 aliphatic heterocycles. The number of hydrogen-bond donors (Lipinski definition) is 1. The van der Waals surface area contributed by atoms with Crippen LogP contribution >= 0.6 is 0 Å². The van der Waals surface area contributed by atoms with Gasteiger partial charge >= 0.3 is 0 Å². The molecule has 0 bridgehead atoms. The van der Waals surface area contributed by atoms with E-state index >= 15 is 0 Å². The van der Waals surface area contributed by atoms with Crippen molar-refractivity contribution >= 4 is 0 Å². The van der Waals surface area contributed by atoms with Gasteiger partial charge in [-0.05, 0) is 57.3 Å². The second-order valence-electron chi connectivity index (χ2n) is 6.65. The maximum Gasteiger partial charge on any atom is 0.0592 e. The van der Waals surface area contributed by atoms with Crippen molar-refractivity contribution in [2.24, 2.45) is 11.3 Å². The van der Waals surface area contributed by atoms with Crippen LogP contribution in [0, 0.1) is 17.8 Å². The van der Waals surface area contributed by atoms with Crippen molar-refractivity contribution in [2.45, 2.75) is 78.2 Å². The molecule has 0 saturated heterocycles. The minimum Gasteiger partial charge on any atom is -0.390 e. The fraction of sp³-hybridized carbons (Fsp3) is 0.933. The maximum atomic E-state index is 9.88. The summed E-state index contributed by atoms with van der Waals surface area (Å²) in [5.41, 5.74) is -0.0817. The second-order valence-corrected chi connectivity index (χ2v) is 6.65. The van der Waals surface area contributed by atoms with Gasteiger partial charge in [-0.2, -0.15) is 0 Å². The maximum absolute atomic E-state index is 9.88. The van der Waals surface area contributed by atoms with Gasteiger partial charge in [0, 0.05) is 0 Å². The van der Waals surface area contributed by atoms with E-state index in [4.69, 9.17) is 0 Å². The third-order valence-corrected chi connectivity index (χ3v) is 3.77. The van der Waals surface area contributed by atoms with Gasteiger partial charge in [-0.1, -0.05) is 33.1 Å². The summed E-state index contributed by atoms with van der Waals surface area (Å²) in [6.45, 7) is 8.42. The molecule has 95 valence electrons. The van der Waals surface area contributed by atoms with Crippen LogP contribution in [0.1, 0.15) is 72.6 Å². The molecule has 16 heavy (non-hydrogen) atoms. The highest BCUT2D eigenvalue weighted by molar-refractivity contribution is 4.96. The highest BCUT2D eigenvalue weighted by Crippen LogP contribution is 2.45. The van der Waals surface area contributed by atoms with Crippen molar-refractivity contribution in [1.82, 2.24) is 0 Å². The normalized spacial score (nSPS) is 21.4. The van der Waals surface area contributed by atoms with Crippen LogP contribution in [-0.4, -0.2) is 10.7 Å². The van der Waals surface area contributed by atoms with Crippen LogP contribution in [0.4, 0.5) is 0 Å². The van der Waals surface area contributed by atoms with E-state index in [2.05, 4.69) is 20.3 Å². The fourth-order valence-electron chi connectivity index (χ4n) is 3.02. The van der Waals surface area contributed by atoms with Gasteiger partial charge in [0.1, 0.15) is 0 Å². The minimum absolute atomic E-state index is 0.423. The van der Waals surface area contributed by atoms with Crippen LogP contribution in [-0.2, 0) is 0 Å². The average Bonchev–Trinajstić information content (AvgIpc) is 2.14. The Hall–Kier alpha value is -0.0400. The van der Waals surface area contributed by atoms with E-state index in [9.17, 15) is 5.11 Å². The Balaban J connectivity index is 2.55. The molecule has 0 spiro atoms. The van der Waals surface area contributed by atoms with Gasteiger partial charge in [0.15, 0.2) is 0 Å². The first-order chi connectivity index (χ1) is 7.33. The molecule has 1 saturated carbocycles. The average molecular weight is 225 g/mol. The summed E-state index contributed by atoms with van der Waals surface area (Å²) < 4.78 is 0. The Morgan fingerprint density at radius 1 is 1.19 bits per heavy atom. The van der Waals surface area contributed by atoms with Crippen molar-refractivity contribution < 1.29 is 5.11 Å². The van der Waals surface area contributed by atoms with Crippen LogP contribution < -0.4 is 0 Å². The van der Waals surface area contributed by atoms with E-state index < -0.39 is 5.60 Å². The van der Waals surface area contributed by atoms with Gasteiger partial charge in [0.2, 0.25) is 0 Å². The number of aliphatic hydroxyl groups is 1. The summed E-state index contributed by atoms with van der Waals surface area (Å²) in [5, 5.41) is 9.88. The molecule has 0 heterocycles. The summed E-state index contributed by atoms with van der Waals surface area (Å²) in [5.74, 6) is 0.667. The Morgan fingerprint density at radius 2 is 1.75 bits per heavy atom. The van der Waals surface area contributed by atoms with Crippen LogP contribution in [0.25, 0.3) is 0 Å². The molecule has 0 unspecified atom stereocenters. The zero-order chi connectivity index (χ0) is 12.2. The molecular formula is C15H29O. The van der Waals surface area contributed by atoms with Crippen molar-refractivity contribution in [2.75, 3.05) is 0 Å². The SMILES string of the molecule is CC(C)[CH]C1(CCC(C)(C)O)CCCCC1. The van der Waals surface area contributed by atoms with Crippen LogP contribution in [0.2, 0.25) is 0 Å². The van der Waals surface area contributed by atoms with E-state index in [1.807, 2.05) is 13.8 Å². The van der Waals surface area contributed by atoms with E-state index in [1.54, 1.807) is 0 Å². The largest absolute Gasteiger partial charge is 0.390 e. The molecule has 0 aromatic heterocycles. The predicted molar refractivity (Wildman–Crippen MR) is 70.2 cm³/mol. The van der Waals surface area contributed by atoms with E-state index in [0.717, 1.165) is 12.8 Å². The van der Waals surface area contributed by atoms with Crippen molar-refractivity contribution in [3.05, 3.63) is 6.42 Å². The van der Waals surface area contributed by atoms with Gasteiger partial charge in [0.05, 0.1) is 5.60 Å². The van der Waals surface area contributed by atoms with Gasteiger partial charge in [0.25, 0.3) is 0 Å². The molecule has 1 heteroatoms. The third kappa shape index (κ3) is 4.86. The molecule has 0 atom stereocenters. The quantitative estimate of drug-likeness (QED) is 0.737. The first kappa shape index (κ1) is 14.0. The Kier molecular flexibility index (Phi) is 4.85. The predicted octanol–water partition coefficient (Wildman–Crippen LogP) is 4.35. The molecule has 1 N–H and O–H groups in total.